The van der Waals surface area contributed by atoms with E-state index in [1.807, 2.05) is 35.2 Å². The summed E-state index contributed by atoms with van der Waals surface area (Å²) in [5.74, 6) is 0.734. The fourth-order valence-electron chi connectivity index (χ4n) is 7.83. The molecule has 0 bridgehead atoms. The predicted molar refractivity (Wildman–Crippen MR) is 198 cm³/mol. The van der Waals surface area contributed by atoms with Crippen LogP contribution in [0, 0.1) is 10.1 Å². The largest absolute Gasteiger partial charge is 0.462 e. The number of ether oxygens (including phenoxy) is 1. The molecule has 0 amide bonds. The van der Waals surface area contributed by atoms with Crippen LogP contribution in [0.1, 0.15) is 140 Å². The molecule has 3 heterocycles. The molecular weight excluding hydrogens is 594 g/mol. The Morgan fingerprint density at radius 3 is 1.96 bits per heavy atom. The topological polar surface area (TPSA) is 59.5 Å². The molecule has 0 radical (unpaired) electrons. The first kappa shape index (κ1) is 35.6. The molecule has 0 saturated carbocycles. The molecule has 5 rings (SSSR count). The molecule has 2 aliphatic rings. The van der Waals surface area contributed by atoms with E-state index in [1.165, 1.54) is 108 Å². The summed E-state index contributed by atoms with van der Waals surface area (Å²) in [5.41, 5.74) is 3.08. The highest BCUT2D eigenvalue weighted by Crippen LogP contribution is 2.55. The summed E-state index contributed by atoms with van der Waals surface area (Å²) in [6.45, 7) is 8.21. The van der Waals surface area contributed by atoms with E-state index >= 15 is 0 Å². The third-order valence-electron chi connectivity index (χ3n) is 10.7. The molecule has 0 fully saturated rings. The van der Waals surface area contributed by atoms with Crippen molar-refractivity contribution in [3.8, 4) is 5.75 Å². The molecule has 2 aromatic carbocycles. The molecular formula is C42H58N3O3+. The Morgan fingerprint density at radius 2 is 1.35 bits per heavy atom. The van der Waals surface area contributed by atoms with Crippen molar-refractivity contribution < 1.29 is 14.2 Å². The normalized spacial score (nSPS) is 17.4. The molecule has 48 heavy (non-hydrogen) atoms. The third-order valence-corrected chi connectivity index (χ3v) is 10.7. The highest BCUT2D eigenvalue weighted by atomic mass is 16.6. The molecule has 1 spiro atoms. The van der Waals surface area contributed by atoms with E-state index in [9.17, 15) is 10.1 Å². The zero-order chi connectivity index (χ0) is 33.8. The quantitative estimate of drug-likeness (QED) is 0.0527. The summed E-state index contributed by atoms with van der Waals surface area (Å²) in [6.07, 6.45) is 29.8. The number of non-ortho nitro benzene ring substituents is 1. The number of anilines is 1. The molecule has 258 valence electrons. The molecule has 1 atom stereocenters. The highest BCUT2D eigenvalue weighted by Gasteiger charge is 2.58. The summed E-state index contributed by atoms with van der Waals surface area (Å²) in [7, 11) is 0. The lowest BCUT2D eigenvalue weighted by Crippen LogP contribution is -2.60. The van der Waals surface area contributed by atoms with Gasteiger partial charge in [-0.3, -0.25) is 10.1 Å². The summed E-state index contributed by atoms with van der Waals surface area (Å²) < 4.78 is 9.25. The lowest BCUT2D eigenvalue weighted by molar-refractivity contribution is -0.688. The fourth-order valence-corrected chi connectivity index (χ4v) is 7.83. The Bertz CT molecular complexity index is 1500. The van der Waals surface area contributed by atoms with Crippen molar-refractivity contribution in [1.29, 1.82) is 0 Å². The van der Waals surface area contributed by atoms with Gasteiger partial charge in [-0.25, -0.2) is 4.57 Å². The van der Waals surface area contributed by atoms with E-state index < -0.39 is 5.72 Å². The van der Waals surface area contributed by atoms with Crippen LogP contribution in [0.3, 0.4) is 0 Å². The third kappa shape index (κ3) is 8.30. The van der Waals surface area contributed by atoms with Crippen LogP contribution in [0.15, 0.2) is 73.1 Å². The molecule has 6 heteroatoms. The summed E-state index contributed by atoms with van der Waals surface area (Å²) in [4.78, 5) is 14.1. The number of para-hydroxylation sites is 1. The van der Waals surface area contributed by atoms with E-state index in [1.54, 1.807) is 12.1 Å². The summed E-state index contributed by atoms with van der Waals surface area (Å²) >= 11 is 0. The van der Waals surface area contributed by atoms with Gasteiger partial charge in [0.15, 0.2) is 18.9 Å². The monoisotopic (exact) mass is 652 g/mol. The number of benzene rings is 2. The number of nitrogens with zero attached hydrogens (tertiary/aromatic N) is 3. The zero-order valence-electron chi connectivity index (χ0n) is 29.8. The zero-order valence-corrected chi connectivity index (χ0v) is 29.8. The van der Waals surface area contributed by atoms with Crippen molar-refractivity contribution in [2.24, 2.45) is 0 Å². The first-order valence-corrected chi connectivity index (χ1v) is 18.9. The number of nitro benzene ring substituents is 1. The van der Waals surface area contributed by atoms with Crippen molar-refractivity contribution in [3.63, 3.8) is 0 Å². The summed E-state index contributed by atoms with van der Waals surface area (Å²) in [5, 5.41) is 11.9. The molecule has 0 aliphatic carbocycles. The van der Waals surface area contributed by atoms with Crippen molar-refractivity contribution in [3.05, 3.63) is 99.9 Å². The second-order valence-electron chi connectivity index (χ2n) is 14.6. The van der Waals surface area contributed by atoms with E-state index in [2.05, 4.69) is 62.1 Å². The second kappa shape index (κ2) is 17.1. The van der Waals surface area contributed by atoms with Crippen LogP contribution < -0.4 is 14.2 Å². The second-order valence-corrected chi connectivity index (χ2v) is 14.6. The number of fused-ring (bicyclic) bond motifs is 2. The number of hydrogen-bond donors (Lipinski definition) is 0. The maximum Gasteiger partial charge on any atom is 0.270 e. The number of nitro groups is 1. The van der Waals surface area contributed by atoms with Crippen molar-refractivity contribution in [2.75, 3.05) is 11.4 Å². The van der Waals surface area contributed by atoms with Gasteiger partial charge in [0.2, 0.25) is 5.72 Å². The van der Waals surface area contributed by atoms with Gasteiger partial charge in [-0.05, 0) is 44.1 Å². The number of rotatable bonds is 20. The number of aromatic nitrogens is 1. The van der Waals surface area contributed by atoms with Gasteiger partial charge in [0.1, 0.15) is 5.75 Å². The Labute approximate surface area is 289 Å². The van der Waals surface area contributed by atoms with Crippen molar-refractivity contribution >= 4 is 17.5 Å². The Kier molecular flexibility index (Phi) is 12.7. The lowest BCUT2D eigenvalue weighted by atomic mass is 9.76. The van der Waals surface area contributed by atoms with Crippen LogP contribution in [0.2, 0.25) is 0 Å². The van der Waals surface area contributed by atoms with Gasteiger partial charge in [0, 0.05) is 42.1 Å². The van der Waals surface area contributed by atoms with Crippen LogP contribution in [0.25, 0.3) is 6.08 Å². The fraction of sp³-hybridized carbons (Fsp3) is 0.548. The summed E-state index contributed by atoms with van der Waals surface area (Å²) in [6, 6.07) is 17.9. The Balaban J connectivity index is 1.19. The molecule has 0 N–H and O–H groups in total. The first-order valence-electron chi connectivity index (χ1n) is 18.9. The van der Waals surface area contributed by atoms with Gasteiger partial charge < -0.3 is 9.64 Å². The van der Waals surface area contributed by atoms with Crippen LogP contribution in [0.5, 0.6) is 5.75 Å². The molecule has 2 aliphatic heterocycles. The van der Waals surface area contributed by atoms with Crippen LogP contribution in [-0.2, 0) is 12.0 Å². The van der Waals surface area contributed by atoms with Crippen molar-refractivity contribution in [1.82, 2.24) is 0 Å². The van der Waals surface area contributed by atoms with Gasteiger partial charge in [0.05, 0.1) is 15.9 Å². The smallest absolute Gasteiger partial charge is 0.270 e. The van der Waals surface area contributed by atoms with Crippen LogP contribution >= 0.6 is 0 Å². The van der Waals surface area contributed by atoms with Gasteiger partial charge in [0.25, 0.3) is 5.69 Å². The maximum atomic E-state index is 11.9. The first-order chi connectivity index (χ1) is 23.4. The van der Waals surface area contributed by atoms with Gasteiger partial charge >= 0.3 is 0 Å². The minimum Gasteiger partial charge on any atom is -0.462 e. The Morgan fingerprint density at radius 1 is 0.771 bits per heavy atom. The van der Waals surface area contributed by atoms with E-state index in [0.29, 0.717) is 6.54 Å². The molecule has 1 aromatic heterocycles. The SMILES string of the molecule is CCCCCCCCCCCCCCCCCCN1c2ccccc2C(C)(C)C12C=Cc1cc([N+](=O)[O-])cc(C[n+]3ccccc3)c1O2. The van der Waals surface area contributed by atoms with Gasteiger partial charge in [-0.1, -0.05) is 128 Å². The highest BCUT2D eigenvalue weighted by molar-refractivity contribution is 5.74. The number of unbranched alkanes of at least 4 members (excludes halogenated alkanes) is 15. The Hall–Kier alpha value is -3.67. The maximum absolute atomic E-state index is 11.9. The van der Waals surface area contributed by atoms with Crippen molar-refractivity contribution in [2.45, 2.75) is 141 Å². The van der Waals surface area contributed by atoms with E-state index in [-0.39, 0.29) is 16.0 Å². The van der Waals surface area contributed by atoms with E-state index in [0.717, 1.165) is 29.8 Å². The molecule has 6 nitrogen and oxygen atoms in total. The minimum atomic E-state index is -0.731. The molecule has 3 aromatic rings. The van der Waals surface area contributed by atoms with Gasteiger partial charge in [-0.15, -0.1) is 0 Å². The standard InChI is InChI=1S/C42H58N3O3/c1-4-5-6-7-8-9-10-11-12-13-14-15-16-17-18-24-31-44-39-26-21-20-25-38(39)41(2,3)42(44)28-27-35-32-37(45(46)47)33-36(40(35)48-42)34-43-29-22-19-23-30-43/h19-23,25-30,32-33H,4-18,24,31,34H2,1-3H3/q+1. The number of hydrogen-bond acceptors (Lipinski definition) is 4. The van der Waals surface area contributed by atoms with Crippen LogP contribution in [0.4, 0.5) is 11.4 Å². The average Bonchev–Trinajstić information content (AvgIpc) is 3.26. The van der Waals surface area contributed by atoms with Gasteiger partial charge in [-0.2, -0.15) is 0 Å². The average molecular weight is 653 g/mol. The predicted octanol–water partition coefficient (Wildman–Crippen LogP) is 11.1. The minimum absolute atomic E-state index is 0.0865. The molecule has 1 unspecified atom stereocenters. The van der Waals surface area contributed by atoms with E-state index in [4.69, 9.17) is 4.74 Å². The number of pyridine rings is 1. The van der Waals surface area contributed by atoms with Crippen LogP contribution in [-0.4, -0.2) is 17.2 Å². The lowest BCUT2D eigenvalue weighted by Gasteiger charge is -2.47. The molecule has 0 saturated heterocycles.